The zero-order valence-corrected chi connectivity index (χ0v) is 42.0. The monoisotopic (exact) mass is 961 g/mol. The minimum atomic E-state index is 0.0284. The quantitative estimate of drug-likeness (QED) is 0.145. The molecule has 0 unspecified atom stereocenters. The standard InChI is InChI=1S/C71H51N3O/c1-71(2,3)55-39-41-73-66(45-55)50-35-29-47(30-36-50)57-17-5-8-20-60(57)53-42-52(59-19-7-4-16-56(59)46-27-33-49(34-28-46)64-24-14-15-40-72-64)43-54(44-53)61-21-9-6-18-58(61)48-31-37-51(38-32-48)69-70-68(62-22-10-12-25-65(62)74-69)63-23-11-13-26-67(63)75-70/h4-45H,1-3H3. The zero-order valence-electron chi connectivity index (χ0n) is 42.0. The number of para-hydroxylation sites is 2. The topological polar surface area (TPSA) is 51.8 Å². The molecular formula is C71H51N3O. The van der Waals surface area contributed by atoms with Crippen molar-refractivity contribution in [2.24, 2.45) is 0 Å². The van der Waals surface area contributed by atoms with Crippen molar-refractivity contribution in [3.05, 3.63) is 261 Å². The highest BCUT2D eigenvalue weighted by Crippen LogP contribution is 2.44. The fourth-order valence-corrected chi connectivity index (χ4v) is 10.7. The van der Waals surface area contributed by atoms with Gasteiger partial charge in [-0.15, -0.1) is 0 Å². The Morgan fingerprint density at radius 1 is 0.333 bits per heavy atom. The predicted molar refractivity (Wildman–Crippen MR) is 312 cm³/mol. The molecule has 0 bridgehead atoms. The highest BCUT2D eigenvalue weighted by atomic mass is 16.3. The second-order valence-electron chi connectivity index (χ2n) is 20.3. The number of hydrogen-bond acceptors (Lipinski definition) is 4. The fraction of sp³-hybridized carbons (Fsp3) is 0.0563. The first-order chi connectivity index (χ1) is 36.8. The maximum Gasteiger partial charge on any atom is 0.162 e. The van der Waals surface area contributed by atoms with E-state index >= 15 is 0 Å². The Hall–Kier alpha value is -9.51. The van der Waals surface area contributed by atoms with Crippen LogP contribution in [0.3, 0.4) is 0 Å². The van der Waals surface area contributed by atoms with Crippen molar-refractivity contribution in [3.8, 4) is 101 Å². The van der Waals surface area contributed by atoms with E-state index < -0.39 is 0 Å². The fourth-order valence-electron chi connectivity index (χ4n) is 10.7. The van der Waals surface area contributed by atoms with Gasteiger partial charge in [0, 0.05) is 45.2 Å². The van der Waals surface area contributed by atoms with Gasteiger partial charge in [0.2, 0.25) is 0 Å². The van der Waals surface area contributed by atoms with Crippen molar-refractivity contribution in [3.63, 3.8) is 0 Å². The number of pyridine rings is 3. The van der Waals surface area contributed by atoms with Crippen molar-refractivity contribution >= 4 is 32.8 Å². The largest absolute Gasteiger partial charge is 0.454 e. The zero-order chi connectivity index (χ0) is 50.5. The van der Waals surface area contributed by atoms with E-state index in [2.05, 4.69) is 244 Å². The van der Waals surface area contributed by atoms with Crippen LogP contribution in [0.2, 0.25) is 0 Å². The Kier molecular flexibility index (Phi) is 11.4. The number of fused-ring (bicyclic) bond motifs is 5. The third-order valence-electron chi connectivity index (χ3n) is 14.6. The summed E-state index contributed by atoms with van der Waals surface area (Å²) in [4.78, 5) is 14.6. The summed E-state index contributed by atoms with van der Waals surface area (Å²) in [6, 6.07) is 86.9. The Balaban J connectivity index is 0.937. The molecule has 4 heteroatoms. The van der Waals surface area contributed by atoms with Crippen LogP contribution in [0.25, 0.3) is 133 Å². The maximum absolute atomic E-state index is 6.60. The summed E-state index contributed by atoms with van der Waals surface area (Å²) in [5.41, 5.74) is 23.5. The number of benzene rings is 9. The summed E-state index contributed by atoms with van der Waals surface area (Å²) in [7, 11) is 0. The first-order valence-electron chi connectivity index (χ1n) is 25.6. The third-order valence-corrected chi connectivity index (χ3v) is 14.6. The molecule has 356 valence electrons. The van der Waals surface area contributed by atoms with Crippen LogP contribution in [0.15, 0.2) is 259 Å². The van der Waals surface area contributed by atoms with Gasteiger partial charge >= 0.3 is 0 Å². The van der Waals surface area contributed by atoms with Crippen LogP contribution >= 0.6 is 0 Å². The molecule has 0 atom stereocenters. The Labute approximate surface area is 437 Å². The summed E-state index contributed by atoms with van der Waals surface area (Å²) in [6.07, 6.45) is 3.77. The molecule has 0 saturated carbocycles. The van der Waals surface area contributed by atoms with Gasteiger partial charge in [-0.3, -0.25) is 9.97 Å². The molecule has 4 nitrogen and oxygen atoms in total. The molecule has 0 saturated heterocycles. The van der Waals surface area contributed by atoms with E-state index in [0.29, 0.717) is 0 Å². The van der Waals surface area contributed by atoms with Gasteiger partial charge in [-0.25, -0.2) is 4.98 Å². The van der Waals surface area contributed by atoms with Crippen molar-refractivity contribution in [2.75, 3.05) is 0 Å². The Morgan fingerprint density at radius 2 is 0.760 bits per heavy atom. The van der Waals surface area contributed by atoms with Crippen LogP contribution in [0, 0.1) is 0 Å². The molecule has 0 amide bonds. The molecule has 75 heavy (non-hydrogen) atoms. The van der Waals surface area contributed by atoms with Crippen molar-refractivity contribution in [1.82, 2.24) is 15.0 Å². The van der Waals surface area contributed by atoms with E-state index in [4.69, 9.17) is 14.4 Å². The highest BCUT2D eigenvalue weighted by Gasteiger charge is 2.20. The average Bonchev–Trinajstić information content (AvgIpc) is 3.91. The van der Waals surface area contributed by atoms with Crippen LogP contribution in [-0.4, -0.2) is 15.0 Å². The number of hydrogen-bond donors (Lipinski definition) is 0. The first kappa shape index (κ1) is 45.4. The highest BCUT2D eigenvalue weighted by molar-refractivity contribution is 6.20. The molecule has 13 rings (SSSR count). The first-order valence-corrected chi connectivity index (χ1v) is 25.6. The molecule has 4 aromatic heterocycles. The summed E-state index contributed by atoms with van der Waals surface area (Å²) in [5.74, 6) is 0. The van der Waals surface area contributed by atoms with Crippen molar-refractivity contribution in [2.45, 2.75) is 26.2 Å². The van der Waals surface area contributed by atoms with Crippen molar-refractivity contribution < 1.29 is 4.42 Å². The number of nitrogens with zero attached hydrogens (tertiary/aromatic N) is 3. The summed E-state index contributed by atoms with van der Waals surface area (Å²) < 4.78 is 6.60. The van der Waals surface area contributed by atoms with Gasteiger partial charge in [0.05, 0.1) is 16.9 Å². The smallest absolute Gasteiger partial charge is 0.162 e. The molecule has 0 radical (unpaired) electrons. The molecule has 0 aliphatic carbocycles. The van der Waals surface area contributed by atoms with Gasteiger partial charge in [-0.1, -0.05) is 209 Å². The van der Waals surface area contributed by atoms with Crippen molar-refractivity contribution in [1.29, 1.82) is 0 Å². The molecule has 0 aliphatic rings. The minimum Gasteiger partial charge on any atom is -0.454 e. The lowest BCUT2D eigenvalue weighted by Gasteiger charge is -2.19. The van der Waals surface area contributed by atoms with Crippen LogP contribution in [0.4, 0.5) is 0 Å². The SMILES string of the molecule is CC(C)(C)c1ccnc(-c2ccc(-c3ccccc3-c3cc(-c4ccccc4-c4ccc(-c5ccccn5)cc4)cc(-c4ccccc4-c4ccc(-c5nc6ccccc6c6c5oc5ccccc56)cc4)c3)cc2)c1. The van der Waals surface area contributed by atoms with Gasteiger partial charge in [-0.05, 0) is 132 Å². The van der Waals surface area contributed by atoms with Crippen LogP contribution in [-0.2, 0) is 5.41 Å². The number of aromatic nitrogens is 3. The van der Waals surface area contributed by atoms with E-state index in [-0.39, 0.29) is 5.41 Å². The van der Waals surface area contributed by atoms with Gasteiger partial charge in [0.25, 0.3) is 0 Å². The van der Waals surface area contributed by atoms with Gasteiger partial charge < -0.3 is 4.42 Å². The van der Waals surface area contributed by atoms with E-state index in [1.807, 2.05) is 36.7 Å². The second-order valence-corrected chi connectivity index (χ2v) is 20.3. The Morgan fingerprint density at radius 3 is 1.28 bits per heavy atom. The van der Waals surface area contributed by atoms with E-state index in [1.165, 1.54) is 5.56 Å². The summed E-state index contributed by atoms with van der Waals surface area (Å²) >= 11 is 0. The minimum absolute atomic E-state index is 0.0284. The van der Waals surface area contributed by atoms with Crippen LogP contribution < -0.4 is 0 Å². The number of rotatable bonds is 9. The molecule has 0 spiro atoms. The molecular weight excluding hydrogens is 911 g/mol. The molecule has 9 aromatic carbocycles. The van der Waals surface area contributed by atoms with Gasteiger partial charge in [-0.2, -0.15) is 0 Å². The molecule has 0 fully saturated rings. The summed E-state index contributed by atoms with van der Waals surface area (Å²) in [5, 5.41) is 3.28. The van der Waals surface area contributed by atoms with Gasteiger partial charge in [0.1, 0.15) is 11.3 Å². The maximum atomic E-state index is 6.60. The van der Waals surface area contributed by atoms with Gasteiger partial charge in [0.15, 0.2) is 5.58 Å². The normalized spacial score (nSPS) is 11.7. The summed E-state index contributed by atoms with van der Waals surface area (Å²) in [6.45, 7) is 6.73. The molecule has 0 aliphatic heterocycles. The van der Waals surface area contributed by atoms with E-state index in [9.17, 15) is 0 Å². The lowest BCUT2D eigenvalue weighted by Crippen LogP contribution is -2.11. The molecule has 4 heterocycles. The van der Waals surface area contributed by atoms with Crippen LogP contribution in [0.1, 0.15) is 26.3 Å². The lowest BCUT2D eigenvalue weighted by molar-refractivity contribution is 0.589. The van der Waals surface area contributed by atoms with E-state index in [0.717, 1.165) is 133 Å². The third kappa shape index (κ3) is 8.56. The van der Waals surface area contributed by atoms with E-state index in [1.54, 1.807) is 0 Å². The lowest BCUT2D eigenvalue weighted by atomic mass is 9.86. The predicted octanol–water partition coefficient (Wildman–Crippen LogP) is 19.2. The Bertz CT molecular complexity index is 4240. The molecule has 0 N–H and O–H groups in total. The number of furan rings is 1. The molecule has 13 aromatic rings. The van der Waals surface area contributed by atoms with Crippen LogP contribution in [0.5, 0.6) is 0 Å². The average molecular weight is 962 g/mol. The second kappa shape index (κ2) is 18.8.